The molecular formula is C12H27N. The lowest BCUT2D eigenvalue weighted by Gasteiger charge is -2.32. The fourth-order valence-electron chi connectivity index (χ4n) is 1.51. The van der Waals surface area contributed by atoms with E-state index in [0.717, 1.165) is 6.54 Å². The Bertz CT molecular complexity index is 136. The van der Waals surface area contributed by atoms with Gasteiger partial charge in [-0.2, -0.15) is 0 Å². The lowest BCUT2D eigenvalue weighted by atomic mass is 9.75. The van der Waals surface area contributed by atoms with Crippen LogP contribution in [-0.4, -0.2) is 6.54 Å². The highest BCUT2D eigenvalue weighted by molar-refractivity contribution is 4.76. The van der Waals surface area contributed by atoms with E-state index in [9.17, 15) is 0 Å². The Morgan fingerprint density at radius 3 is 1.69 bits per heavy atom. The second kappa shape index (κ2) is 4.45. The van der Waals surface area contributed by atoms with Gasteiger partial charge in [0.25, 0.3) is 0 Å². The molecule has 0 aromatic rings. The zero-order valence-corrected chi connectivity index (χ0v) is 10.3. The first kappa shape index (κ1) is 13.0. The monoisotopic (exact) mass is 185 g/mol. The van der Waals surface area contributed by atoms with Crippen LogP contribution in [0.15, 0.2) is 0 Å². The molecule has 0 fully saturated rings. The molecule has 0 aliphatic rings. The second-order valence-corrected chi connectivity index (χ2v) is 6.40. The summed E-state index contributed by atoms with van der Waals surface area (Å²) in [6.07, 6.45) is 2.52. The highest BCUT2D eigenvalue weighted by Crippen LogP contribution is 2.32. The third kappa shape index (κ3) is 6.09. The Kier molecular flexibility index (Phi) is 4.44. The van der Waals surface area contributed by atoms with Crippen LogP contribution in [0.4, 0.5) is 0 Å². The molecule has 0 rings (SSSR count). The van der Waals surface area contributed by atoms with Gasteiger partial charge in [0.05, 0.1) is 0 Å². The summed E-state index contributed by atoms with van der Waals surface area (Å²) in [6.45, 7) is 14.6. The molecule has 1 nitrogen and oxygen atoms in total. The maximum atomic E-state index is 5.79. The fraction of sp³-hybridized carbons (Fsp3) is 1.00. The van der Waals surface area contributed by atoms with Crippen molar-refractivity contribution in [2.75, 3.05) is 6.54 Å². The maximum Gasteiger partial charge on any atom is -0.00439 e. The highest BCUT2D eigenvalue weighted by atomic mass is 14.6. The third-order valence-electron chi connectivity index (χ3n) is 2.75. The van der Waals surface area contributed by atoms with Crippen LogP contribution in [0.25, 0.3) is 0 Å². The molecule has 2 N–H and O–H groups in total. The second-order valence-electron chi connectivity index (χ2n) is 6.40. The molecule has 0 bridgehead atoms. The summed E-state index contributed by atoms with van der Waals surface area (Å²) in [4.78, 5) is 0. The first-order valence-corrected chi connectivity index (χ1v) is 5.37. The van der Waals surface area contributed by atoms with E-state index in [4.69, 9.17) is 5.73 Å². The van der Waals surface area contributed by atoms with E-state index < -0.39 is 0 Å². The van der Waals surface area contributed by atoms with Crippen LogP contribution in [0, 0.1) is 16.7 Å². The molecule has 0 spiro atoms. The van der Waals surface area contributed by atoms with Gasteiger partial charge in [0.15, 0.2) is 0 Å². The third-order valence-corrected chi connectivity index (χ3v) is 2.75. The van der Waals surface area contributed by atoms with Crippen LogP contribution in [0.2, 0.25) is 0 Å². The van der Waals surface area contributed by atoms with Crippen molar-refractivity contribution in [3.05, 3.63) is 0 Å². The van der Waals surface area contributed by atoms with Gasteiger partial charge < -0.3 is 5.73 Å². The summed E-state index contributed by atoms with van der Waals surface area (Å²) < 4.78 is 0. The molecule has 0 saturated heterocycles. The van der Waals surface area contributed by atoms with Crippen molar-refractivity contribution in [2.45, 2.75) is 54.4 Å². The van der Waals surface area contributed by atoms with Gasteiger partial charge in [-0.1, -0.05) is 41.5 Å². The summed E-state index contributed by atoms with van der Waals surface area (Å²) in [5, 5.41) is 0. The van der Waals surface area contributed by atoms with Crippen molar-refractivity contribution in [2.24, 2.45) is 22.5 Å². The predicted octanol–water partition coefficient (Wildman–Crippen LogP) is 3.43. The van der Waals surface area contributed by atoms with Gasteiger partial charge in [0, 0.05) is 0 Å². The van der Waals surface area contributed by atoms with Crippen molar-refractivity contribution in [3.8, 4) is 0 Å². The van der Waals surface area contributed by atoms with Crippen molar-refractivity contribution >= 4 is 0 Å². The van der Waals surface area contributed by atoms with E-state index in [1.165, 1.54) is 12.8 Å². The molecule has 1 unspecified atom stereocenters. The van der Waals surface area contributed by atoms with Crippen LogP contribution < -0.4 is 5.73 Å². The lowest BCUT2D eigenvalue weighted by Crippen LogP contribution is -2.29. The highest BCUT2D eigenvalue weighted by Gasteiger charge is 2.24. The molecule has 0 heterocycles. The van der Waals surface area contributed by atoms with E-state index in [-0.39, 0.29) is 0 Å². The number of hydrogen-bond acceptors (Lipinski definition) is 1. The molecule has 0 amide bonds. The van der Waals surface area contributed by atoms with Crippen LogP contribution >= 0.6 is 0 Å². The Hall–Kier alpha value is -0.0400. The minimum atomic E-state index is 0.361. The Balaban J connectivity index is 4.02. The zero-order chi connectivity index (χ0) is 10.7. The normalized spacial score (nSPS) is 15.9. The van der Waals surface area contributed by atoms with E-state index in [1.807, 2.05) is 0 Å². The van der Waals surface area contributed by atoms with Crippen molar-refractivity contribution < 1.29 is 0 Å². The molecule has 1 atom stereocenters. The van der Waals surface area contributed by atoms with Crippen LogP contribution in [0.1, 0.15) is 54.4 Å². The molecule has 0 aliphatic carbocycles. The van der Waals surface area contributed by atoms with Gasteiger partial charge in [0.2, 0.25) is 0 Å². The summed E-state index contributed by atoms with van der Waals surface area (Å²) >= 11 is 0. The van der Waals surface area contributed by atoms with Gasteiger partial charge in [-0.15, -0.1) is 0 Å². The van der Waals surface area contributed by atoms with Crippen LogP contribution in [-0.2, 0) is 0 Å². The van der Waals surface area contributed by atoms with Crippen LogP contribution in [0.3, 0.4) is 0 Å². The summed E-state index contributed by atoms with van der Waals surface area (Å²) in [5.41, 5.74) is 6.59. The molecule has 0 saturated carbocycles. The molecular weight excluding hydrogens is 158 g/mol. The lowest BCUT2D eigenvalue weighted by molar-refractivity contribution is 0.202. The van der Waals surface area contributed by atoms with Gasteiger partial charge in [0.1, 0.15) is 0 Å². The first-order valence-electron chi connectivity index (χ1n) is 5.37. The van der Waals surface area contributed by atoms with Crippen LogP contribution in [0.5, 0.6) is 0 Å². The number of hydrogen-bond donors (Lipinski definition) is 1. The van der Waals surface area contributed by atoms with Gasteiger partial charge in [-0.05, 0) is 36.1 Å². The SMILES string of the molecule is CC(C)(C)CCC(CN)C(C)(C)C. The van der Waals surface area contributed by atoms with E-state index in [1.54, 1.807) is 0 Å². The van der Waals surface area contributed by atoms with Gasteiger partial charge in [-0.3, -0.25) is 0 Å². The topological polar surface area (TPSA) is 26.0 Å². The van der Waals surface area contributed by atoms with Gasteiger partial charge >= 0.3 is 0 Å². The first-order chi connectivity index (χ1) is 5.67. The van der Waals surface area contributed by atoms with Gasteiger partial charge in [-0.25, -0.2) is 0 Å². The van der Waals surface area contributed by atoms with Crippen molar-refractivity contribution in [1.82, 2.24) is 0 Å². The molecule has 0 aromatic carbocycles. The smallest absolute Gasteiger partial charge is 0.00439 e. The average molecular weight is 185 g/mol. The maximum absolute atomic E-state index is 5.79. The van der Waals surface area contributed by atoms with E-state index in [2.05, 4.69) is 41.5 Å². The summed E-state index contributed by atoms with van der Waals surface area (Å²) in [6, 6.07) is 0. The number of rotatable bonds is 3. The molecule has 0 radical (unpaired) electrons. The summed E-state index contributed by atoms with van der Waals surface area (Å²) in [7, 11) is 0. The zero-order valence-electron chi connectivity index (χ0n) is 10.3. The quantitative estimate of drug-likeness (QED) is 0.716. The predicted molar refractivity (Wildman–Crippen MR) is 60.7 cm³/mol. The Labute approximate surface area is 84.1 Å². The Morgan fingerprint density at radius 1 is 1.00 bits per heavy atom. The molecule has 0 aliphatic heterocycles. The summed E-state index contributed by atoms with van der Waals surface area (Å²) in [5.74, 6) is 0.659. The number of nitrogens with two attached hydrogens (primary N) is 1. The Morgan fingerprint density at radius 2 is 1.46 bits per heavy atom. The molecule has 0 aromatic heterocycles. The average Bonchev–Trinajstić information content (AvgIpc) is 1.82. The molecule has 13 heavy (non-hydrogen) atoms. The fourth-order valence-corrected chi connectivity index (χ4v) is 1.51. The van der Waals surface area contributed by atoms with E-state index in [0.29, 0.717) is 16.7 Å². The molecule has 80 valence electrons. The largest absolute Gasteiger partial charge is 0.330 e. The van der Waals surface area contributed by atoms with Crippen molar-refractivity contribution in [1.29, 1.82) is 0 Å². The van der Waals surface area contributed by atoms with E-state index >= 15 is 0 Å². The standard InChI is InChI=1S/C12H27N/c1-11(2,3)8-7-10(9-13)12(4,5)6/h10H,7-9,13H2,1-6H3. The molecule has 1 heteroatoms. The minimum absolute atomic E-state index is 0.361. The minimum Gasteiger partial charge on any atom is -0.330 e. The van der Waals surface area contributed by atoms with Crippen molar-refractivity contribution in [3.63, 3.8) is 0 Å².